The molecule has 0 saturated heterocycles. The zero-order chi connectivity index (χ0) is 16.6. The van der Waals surface area contributed by atoms with Crippen LogP contribution in [-0.4, -0.2) is 29.1 Å². The number of fused-ring (bicyclic) bond motifs is 1. The zero-order valence-electron chi connectivity index (χ0n) is 14.2. The lowest BCUT2D eigenvalue weighted by atomic mass is 10.2. The van der Waals surface area contributed by atoms with Gasteiger partial charge in [-0.05, 0) is 30.7 Å². The van der Waals surface area contributed by atoms with Gasteiger partial charge in [-0.25, -0.2) is 4.98 Å². The number of ether oxygens (including phenoxy) is 1. The fourth-order valence-electron chi connectivity index (χ4n) is 2.71. The van der Waals surface area contributed by atoms with Gasteiger partial charge in [-0.15, -0.1) is 0 Å². The van der Waals surface area contributed by atoms with Crippen LogP contribution in [-0.2, 0) is 12.8 Å². The molecule has 4 nitrogen and oxygen atoms in total. The minimum Gasteiger partial charge on any atom is -0.489 e. The monoisotopic (exact) mass is 323 g/mol. The van der Waals surface area contributed by atoms with Crippen LogP contribution in [0.15, 0.2) is 54.9 Å². The number of aromatic nitrogens is 2. The molecule has 1 N–H and O–H groups in total. The Kier molecular flexibility index (Phi) is 5.85. The van der Waals surface area contributed by atoms with Gasteiger partial charge in [0.25, 0.3) is 0 Å². The average Bonchev–Trinajstić information content (AvgIpc) is 3.03. The van der Waals surface area contributed by atoms with Crippen LogP contribution >= 0.6 is 0 Å². The molecule has 0 aliphatic carbocycles. The van der Waals surface area contributed by atoms with Crippen LogP contribution in [0.5, 0.6) is 5.75 Å². The van der Waals surface area contributed by atoms with E-state index < -0.39 is 0 Å². The summed E-state index contributed by atoms with van der Waals surface area (Å²) in [5.41, 5.74) is 3.28. The maximum Gasteiger partial charge on any atom is 0.179 e. The summed E-state index contributed by atoms with van der Waals surface area (Å²) in [6.07, 6.45) is 7.11. The number of pyridine rings is 1. The Hall–Kier alpha value is -2.33. The van der Waals surface area contributed by atoms with Crippen molar-refractivity contribution in [1.29, 1.82) is 0 Å². The summed E-state index contributed by atoms with van der Waals surface area (Å²) in [4.78, 5) is 4.73. The first-order valence-electron chi connectivity index (χ1n) is 8.71. The van der Waals surface area contributed by atoms with Crippen molar-refractivity contribution in [3.8, 4) is 5.75 Å². The average molecular weight is 323 g/mol. The number of nitrogens with zero attached hydrogens (tertiary/aromatic N) is 2. The highest BCUT2D eigenvalue weighted by molar-refractivity contribution is 5.54. The van der Waals surface area contributed by atoms with E-state index in [1.807, 2.05) is 28.8 Å². The molecule has 0 aliphatic heterocycles. The lowest BCUT2D eigenvalue weighted by molar-refractivity contribution is 0.324. The van der Waals surface area contributed by atoms with Gasteiger partial charge in [-0.2, -0.15) is 0 Å². The predicted molar refractivity (Wildman–Crippen MR) is 97.7 cm³/mol. The van der Waals surface area contributed by atoms with Crippen molar-refractivity contribution >= 4 is 5.65 Å². The minimum absolute atomic E-state index is 0.657. The van der Waals surface area contributed by atoms with Crippen LogP contribution in [0.25, 0.3) is 5.65 Å². The molecule has 0 fully saturated rings. The normalized spacial score (nSPS) is 11.0. The second kappa shape index (κ2) is 8.50. The molecule has 2 heterocycles. The van der Waals surface area contributed by atoms with Crippen molar-refractivity contribution < 1.29 is 4.74 Å². The van der Waals surface area contributed by atoms with Gasteiger partial charge in [0.1, 0.15) is 0 Å². The first kappa shape index (κ1) is 16.5. The fraction of sp³-hybridized carbons (Fsp3) is 0.350. The standard InChI is InChI=1S/C20H25N3O/c1-2-12-21-13-10-18-16-23-14-6-9-19(20(23)22-18)24-15-11-17-7-4-3-5-8-17/h3-9,14,16,21H,2,10-13,15H2,1H3. The largest absolute Gasteiger partial charge is 0.489 e. The highest BCUT2D eigenvalue weighted by atomic mass is 16.5. The third-order valence-electron chi connectivity index (χ3n) is 3.97. The Morgan fingerprint density at radius 3 is 2.75 bits per heavy atom. The summed E-state index contributed by atoms with van der Waals surface area (Å²) in [6.45, 7) is 4.85. The maximum absolute atomic E-state index is 5.98. The van der Waals surface area contributed by atoms with Crippen LogP contribution in [0, 0.1) is 0 Å². The molecule has 3 rings (SSSR count). The quantitative estimate of drug-likeness (QED) is 0.613. The van der Waals surface area contributed by atoms with E-state index in [1.54, 1.807) is 0 Å². The van der Waals surface area contributed by atoms with Crippen LogP contribution in [0.2, 0.25) is 0 Å². The van der Waals surface area contributed by atoms with E-state index in [9.17, 15) is 0 Å². The van der Waals surface area contributed by atoms with Crippen LogP contribution in [0.4, 0.5) is 0 Å². The molecule has 126 valence electrons. The van der Waals surface area contributed by atoms with Crippen molar-refractivity contribution in [3.05, 3.63) is 66.1 Å². The summed E-state index contributed by atoms with van der Waals surface area (Å²) < 4.78 is 8.03. The number of hydrogen-bond acceptors (Lipinski definition) is 3. The molecular weight excluding hydrogens is 298 g/mol. The summed E-state index contributed by atoms with van der Waals surface area (Å²) in [5, 5.41) is 3.41. The Morgan fingerprint density at radius 2 is 1.92 bits per heavy atom. The highest BCUT2D eigenvalue weighted by Crippen LogP contribution is 2.19. The molecule has 0 aliphatic rings. The topological polar surface area (TPSA) is 38.6 Å². The van der Waals surface area contributed by atoms with Gasteiger partial charge < -0.3 is 14.5 Å². The van der Waals surface area contributed by atoms with Crippen molar-refractivity contribution in [3.63, 3.8) is 0 Å². The Bertz CT molecular complexity index is 752. The Morgan fingerprint density at radius 1 is 1.04 bits per heavy atom. The summed E-state index contributed by atoms with van der Waals surface area (Å²) in [6, 6.07) is 14.4. The smallest absolute Gasteiger partial charge is 0.179 e. The molecule has 0 atom stereocenters. The van der Waals surface area contributed by atoms with E-state index in [1.165, 1.54) is 5.56 Å². The molecule has 24 heavy (non-hydrogen) atoms. The highest BCUT2D eigenvalue weighted by Gasteiger charge is 2.07. The second-order valence-electron chi connectivity index (χ2n) is 5.92. The number of rotatable bonds is 9. The molecule has 0 unspecified atom stereocenters. The van der Waals surface area contributed by atoms with Crippen molar-refractivity contribution in [2.75, 3.05) is 19.7 Å². The first-order valence-corrected chi connectivity index (χ1v) is 8.71. The third kappa shape index (κ3) is 4.36. The van der Waals surface area contributed by atoms with Crippen LogP contribution in [0.3, 0.4) is 0 Å². The summed E-state index contributed by atoms with van der Waals surface area (Å²) in [5.74, 6) is 0.848. The summed E-state index contributed by atoms with van der Waals surface area (Å²) >= 11 is 0. The minimum atomic E-state index is 0.657. The molecule has 0 amide bonds. The molecule has 0 radical (unpaired) electrons. The maximum atomic E-state index is 5.98. The van der Waals surface area contributed by atoms with Crippen LogP contribution in [0.1, 0.15) is 24.6 Å². The van der Waals surface area contributed by atoms with E-state index in [2.05, 4.69) is 42.7 Å². The first-order chi connectivity index (χ1) is 11.9. The van der Waals surface area contributed by atoms with Gasteiger partial charge in [0.15, 0.2) is 11.4 Å². The zero-order valence-corrected chi connectivity index (χ0v) is 14.2. The van der Waals surface area contributed by atoms with Gasteiger partial charge in [0.2, 0.25) is 0 Å². The SMILES string of the molecule is CCCNCCc1cn2cccc(OCCc3ccccc3)c2n1. The molecule has 0 saturated carbocycles. The molecule has 0 spiro atoms. The lowest BCUT2D eigenvalue weighted by Gasteiger charge is -2.07. The molecule has 4 heteroatoms. The van der Waals surface area contributed by atoms with Gasteiger partial charge in [-0.3, -0.25) is 0 Å². The number of nitrogens with one attached hydrogen (secondary N) is 1. The van der Waals surface area contributed by atoms with Gasteiger partial charge in [-0.1, -0.05) is 37.3 Å². The van der Waals surface area contributed by atoms with E-state index in [-0.39, 0.29) is 0 Å². The van der Waals surface area contributed by atoms with E-state index >= 15 is 0 Å². The molecule has 3 aromatic rings. The van der Waals surface area contributed by atoms with Gasteiger partial charge in [0, 0.05) is 31.8 Å². The fourth-order valence-corrected chi connectivity index (χ4v) is 2.71. The Labute approximate surface area is 143 Å². The van der Waals surface area contributed by atoms with Gasteiger partial charge in [0.05, 0.1) is 12.3 Å². The summed E-state index contributed by atoms with van der Waals surface area (Å²) in [7, 11) is 0. The van der Waals surface area contributed by atoms with E-state index in [0.29, 0.717) is 6.61 Å². The number of imidazole rings is 1. The predicted octanol–water partition coefficient (Wildman–Crippen LogP) is 3.50. The second-order valence-corrected chi connectivity index (χ2v) is 5.92. The molecular formula is C20H25N3O. The van der Waals surface area contributed by atoms with E-state index in [4.69, 9.17) is 9.72 Å². The lowest BCUT2D eigenvalue weighted by Crippen LogP contribution is -2.17. The van der Waals surface area contributed by atoms with Crippen molar-refractivity contribution in [2.24, 2.45) is 0 Å². The Balaban J connectivity index is 1.61. The van der Waals surface area contributed by atoms with Crippen molar-refractivity contribution in [2.45, 2.75) is 26.2 Å². The number of hydrogen-bond donors (Lipinski definition) is 1. The molecule has 2 aromatic heterocycles. The van der Waals surface area contributed by atoms with Crippen molar-refractivity contribution in [1.82, 2.24) is 14.7 Å². The third-order valence-corrected chi connectivity index (χ3v) is 3.97. The van der Waals surface area contributed by atoms with Crippen LogP contribution < -0.4 is 10.1 Å². The van der Waals surface area contributed by atoms with Gasteiger partial charge >= 0.3 is 0 Å². The molecule has 0 bridgehead atoms. The van der Waals surface area contributed by atoms with E-state index in [0.717, 1.165) is 49.4 Å². The molecule has 1 aromatic carbocycles. The number of benzene rings is 1.